The number of Topliss-reactive ketones (excluding diaryl/α,β-unsaturated/α-hetero) is 1. The normalized spacial score (nSPS) is 12.8. The van der Waals surface area contributed by atoms with Crippen molar-refractivity contribution >= 4 is 34.8 Å². The summed E-state index contributed by atoms with van der Waals surface area (Å²) in [5, 5.41) is -0.243. The maximum atomic E-state index is 12.7. The lowest BCUT2D eigenvalue weighted by molar-refractivity contribution is -0.117. The number of nitrogens with two attached hydrogens (primary N) is 1. The van der Waals surface area contributed by atoms with E-state index in [0.717, 1.165) is 14.9 Å². The Bertz CT molecular complexity index is 774. The molecule has 0 aliphatic carbocycles. The van der Waals surface area contributed by atoms with E-state index >= 15 is 0 Å². The molecule has 4 nitrogen and oxygen atoms in total. The van der Waals surface area contributed by atoms with Crippen LogP contribution in [0.1, 0.15) is 54.2 Å². The Morgan fingerprint density at radius 1 is 1.24 bits per heavy atom. The maximum absolute atomic E-state index is 12.7. The smallest absolute Gasteiger partial charge is 0.222 e. The van der Waals surface area contributed by atoms with Gasteiger partial charge in [-0.1, -0.05) is 56.8 Å². The van der Waals surface area contributed by atoms with Gasteiger partial charge in [-0.15, -0.1) is 11.3 Å². The van der Waals surface area contributed by atoms with Gasteiger partial charge in [0.15, 0.2) is 10.1 Å². The molecule has 2 N–H and O–H groups in total. The van der Waals surface area contributed by atoms with Crippen LogP contribution in [-0.2, 0) is 16.6 Å². The van der Waals surface area contributed by atoms with Crippen molar-refractivity contribution in [2.75, 3.05) is 0 Å². The van der Waals surface area contributed by atoms with Crippen LogP contribution in [0.15, 0.2) is 28.6 Å². The molecular weight excluding hydrogens is 352 g/mol. The summed E-state index contributed by atoms with van der Waals surface area (Å²) in [5.41, 5.74) is 8.03. The second-order valence-corrected chi connectivity index (χ2v) is 9.75. The largest absolute Gasteiger partial charge is 0.369 e. The first kappa shape index (κ1) is 19.7. The summed E-state index contributed by atoms with van der Waals surface area (Å²) in [6, 6.07) is 7.82. The van der Waals surface area contributed by atoms with Gasteiger partial charge in [-0.3, -0.25) is 9.59 Å². The SMILES string of the molecule is Cc1nc(SC(C)C(=O)c2ccc(C(C)(C)C)cc2)sc1CC(N)=O. The molecule has 0 fully saturated rings. The Labute approximate surface area is 157 Å². The molecule has 1 heterocycles. The molecular formula is C19H24N2O2S2. The minimum absolute atomic E-state index is 0.0667. The summed E-state index contributed by atoms with van der Waals surface area (Å²) in [6.45, 7) is 10.2. The van der Waals surface area contributed by atoms with E-state index < -0.39 is 0 Å². The van der Waals surface area contributed by atoms with E-state index in [1.54, 1.807) is 0 Å². The fourth-order valence-electron chi connectivity index (χ4n) is 2.35. The predicted octanol–water partition coefficient (Wildman–Crippen LogP) is 4.14. The number of aromatic nitrogens is 1. The maximum Gasteiger partial charge on any atom is 0.222 e. The molecule has 0 spiro atoms. The Kier molecular flexibility index (Phi) is 6.06. The lowest BCUT2D eigenvalue weighted by Gasteiger charge is -2.19. The minimum Gasteiger partial charge on any atom is -0.369 e. The van der Waals surface area contributed by atoms with Crippen molar-refractivity contribution in [3.8, 4) is 0 Å². The fraction of sp³-hybridized carbons (Fsp3) is 0.421. The van der Waals surface area contributed by atoms with Crippen LogP contribution in [-0.4, -0.2) is 21.9 Å². The van der Waals surface area contributed by atoms with Gasteiger partial charge in [-0.25, -0.2) is 4.98 Å². The van der Waals surface area contributed by atoms with E-state index in [4.69, 9.17) is 5.73 Å². The van der Waals surface area contributed by atoms with Crippen molar-refractivity contribution < 1.29 is 9.59 Å². The number of carbonyl (C=O) groups is 2. The summed E-state index contributed by atoms with van der Waals surface area (Å²) in [7, 11) is 0. The second-order valence-electron chi connectivity index (χ2n) is 7.08. The van der Waals surface area contributed by atoms with Gasteiger partial charge in [0.1, 0.15) is 0 Å². The van der Waals surface area contributed by atoms with Crippen molar-refractivity contribution in [1.29, 1.82) is 0 Å². The lowest BCUT2D eigenvalue weighted by Crippen LogP contribution is -2.15. The highest BCUT2D eigenvalue weighted by molar-refractivity contribution is 8.02. The fourth-order valence-corrected chi connectivity index (χ4v) is 4.81. The number of thiazole rings is 1. The number of benzene rings is 1. The van der Waals surface area contributed by atoms with Crippen LogP contribution in [0, 0.1) is 6.92 Å². The lowest BCUT2D eigenvalue weighted by atomic mass is 9.86. The molecule has 134 valence electrons. The molecule has 1 unspecified atom stereocenters. The zero-order valence-electron chi connectivity index (χ0n) is 15.3. The van der Waals surface area contributed by atoms with Gasteiger partial charge in [0.25, 0.3) is 0 Å². The third-order valence-corrected chi connectivity index (χ3v) is 6.24. The van der Waals surface area contributed by atoms with Crippen LogP contribution in [0.4, 0.5) is 0 Å². The number of carbonyl (C=O) groups excluding carboxylic acids is 2. The predicted molar refractivity (Wildman–Crippen MR) is 105 cm³/mol. The first-order valence-corrected chi connectivity index (χ1v) is 9.83. The number of hydrogen-bond donors (Lipinski definition) is 1. The summed E-state index contributed by atoms with van der Waals surface area (Å²) in [4.78, 5) is 29.1. The van der Waals surface area contributed by atoms with Gasteiger partial charge in [-0.2, -0.15) is 0 Å². The molecule has 0 saturated heterocycles. The second kappa shape index (κ2) is 7.70. The van der Waals surface area contributed by atoms with Crippen molar-refractivity contribution in [3.63, 3.8) is 0 Å². The van der Waals surface area contributed by atoms with Gasteiger partial charge < -0.3 is 5.73 Å². The number of aryl methyl sites for hydroxylation is 1. The van der Waals surface area contributed by atoms with E-state index in [2.05, 4.69) is 25.8 Å². The molecule has 0 radical (unpaired) electrons. The summed E-state index contributed by atoms with van der Waals surface area (Å²) >= 11 is 2.86. The summed E-state index contributed by atoms with van der Waals surface area (Å²) in [5.74, 6) is -0.291. The van der Waals surface area contributed by atoms with Crippen molar-refractivity contribution in [3.05, 3.63) is 46.0 Å². The Balaban J connectivity index is 2.09. The number of ketones is 1. The van der Waals surface area contributed by atoms with Crippen LogP contribution >= 0.6 is 23.1 Å². The molecule has 1 aromatic carbocycles. The van der Waals surface area contributed by atoms with Gasteiger partial charge in [0.05, 0.1) is 17.4 Å². The Morgan fingerprint density at radius 3 is 2.36 bits per heavy atom. The Morgan fingerprint density at radius 2 is 1.84 bits per heavy atom. The molecule has 0 aliphatic heterocycles. The average molecular weight is 377 g/mol. The monoisotopic (exact) mass is 376 g/mol. The van der Waals surface area contributed by atoms with Gasteiger partial charge in [0, 0.05) is 10.4 Å². The topological polar surface area (TPSA) is 73.1 Å². The van der Waals surface area contributed by atoms with Crippen LogP contribution in [0.25, 0.3) is 0 Å². The quantitative estimate of drug-likeness (QED) is 0.607. The first-order chi connectivity index (χ1) is 11.6. The van der Waals surface area contributed by atoms with Crippen LogP contribution in [0.3, 0.4) is 0 Å². The zero-order chi connectivity index (χ0) is 18.8. The number of rotatable bonds is 6. The highest BCUT2D eigenvalue weighted by Crippen LogP contribution is 2.32. The molecule has 0 aliphatic rings. The standard InChI is InChI=1S/C19H24N2O2S2/c1-11-15(10-16(20)22)25-18(21-11)24-12(2)17(23)13-6-8-14(9-7-13)19(3,4)5/h6-9,12H,10H2,1-5H3,(H2,20,22). The highest BCUT2D eigenvalue weighted by Gasteiger charge is 2.20. The van der Waals surface area contributed by atoms with Gasteiger partial charge in [0.2, 0.25) is 5.91 Å². The molecule has 0 bridgehead atoms. The van der Waals surface area contributed by atoms with Crippen LogP contribution in [0.2, 0.25) is 0 Å². The van der Waals surface area contributed by atoms with Gasteiger partial charge in [-0.05, 0) is 24.8 Å². The van der Waals surface area contributed by atoms with Crippen molar-refractivity contribution in [1.82, 2.24) is 4.98 Å². The zero-order valence-corrected chi connectivity index (χ0v) is 16.9. The molecule has 0 saturated carbocycles. The number of thioether (sulfide) groups is 1. The number of primary amides is 1. The van der Waals surface area contributed by atoms with Crippen molar-refractivity contribution in [2.24, 2.45) is 5.73 Å². The number of hydrogen-bond acceptors (Lipinski definition) is 5. The average Bonchev–Trinajstić information content (AvgIpc) is 2.84. The third kappa shape index (κ3) is 5.16. The minimum atomic E-state index is -0.369. The van der Waals surface area contributed by atoms with E-state index in [1.165, 1.54) is 28.7 Å². The molecule has 25 heavy (non-hydrogen) atoms. The Hall–Kier alpha value is -1.66. The highest BCUT2D eigenvalue weighted by atomic mass is 32.2. The van der Waals surface area contributed by atoms with E-state index in [0.29, 0.717) is 5.56 Å². The van der Waals surface area contributed by atoms with Crippen molar-refractivity contribution in [2.45, 2.75) is 56.0 Å². The van der Waals surface area contributed by atoms with E-state index in [-0.39, 0.29) is 28.8 Å². The van der Waals surface area contributed by atoms with E-state index in [9.17, 15) is 9.59 Å². The molecule has 1 aromatic heterocycles. The van der Waals surface area contributed by atoms with Crippen LogP contribution in [0.5, 0.6) is 0 Å². The van der Waals surface area contributed by atoms with Crippen LogP contribution < -0.4 is 5.73 Å². The molecule has 1 atom stereocenters. The number of amides is 1. The van der Waals surface area contributed by atoms with Gasteiger partial charge >= 0.3 is 0 Å². The molecule has 6 heteroatoms. The summed E-state index contributed by atoms with van der Waals surface area (Å²) < 4.78 is 0.793. The molecule has 1 amide bonds. The molecule has 2 rings (SSSR count). The van der Waals surface area contributed by atoms with E-state index in [1.807, 2.05) is 38.1 Å². The third-order valence-electron chi connectivity index (χ3n) is 3.89. The molecule has 2 aromatic rings. The first-order valence-electron chi connectivity index (χ1n) is 8.14. The number of nitrogens with zero attached hydrogens (tertiary/aromatic N) is 1. The summed E-state index contributed by atoms with van der Waals surface area (Å²) in [6.07, 6.45) is 0.195.